The Morgan fingerprint density at radius 1 is 1.50 bits per heavy atom. The van der Waals surface area contributed by atoms with Gasteiger partial charge in [-0.25, -0.2) is 0 Å². The van der Waals surface area contributed by atoms with Crippen LogP contribution in [0.25, 0.3) is 0 Å². The van der Waals surface area contributed by atoms with Gasteiger partial charge in [0.05, 0.1) is 28.9 Å². The average molecular weight is 205 g/mol. The minimum absolute atomic E-state index is 0.543. The zero-order chi connectivity index (χ0) is 10.4. The van der Waals surface area contributed by atoms with Crippen molar-refractivity contribution in [3.8, 4) is 17.9 Å². The van der Waals surface area contributed by atoms with E-state index in [9.17, 15) is 0 Å². The summed E-state index contributed by atoms with van der Waals surface area (Å²) >= 11 is 5.93. The molecule has 0 saturated carbocycles. The average Bonchev–Trinajstić information content (AvgIpc) is 2.20. The van der Waals surface area contributed by atoms with Gasteiger partial charge in [-0.3, -0.25) is 0 Å². The van der Waals surface area contributed by atoms with Crippen LogP contribution in [0, 0.1) is 23.2 Å². The van der Waals surface area contributed by atoms with Crippen LogP contribution in [0.4, 0.5) is 5.69 Å². The Morgan fingerprint density at radius 2 is 2.29 bits per heavy atom. The van der Waals surface area contributed by atoms with Gasteiger partial charge >= 0.3 is 0 Å². The molecule has 1 aromatic carbocycles. The smallest absolute Gasteiger partial charge is 0.0992 e. The van der Waals surface area contributed by atoms with Crippen molar-refractivity contribution in [2.24, 2.45) is 0 Å². The number of rotatable bonds is 2. The molecule has 14 heavy (non-hydrogen) atoms. The van der Waals surface area contributed by atoms with Crippen LogP contribution in [0.3, 0.4) is 0 Å². The van der Waals surface area contributed by atoms with Gasteiger partial charge in [0.2, 0.25) is 0 Å². The van der Waals surface area contributed by atoms with Gasteiger partial charge in [-0.15, -0.1) is 5.92 Å². The fourth-order valence-corrected chi connectivity index (χ4v) is 1.20. The fourth-order valence-electron chi connectivity index (χ4n) is 0.956. The van der Waals surface area contributed by atoms with Crippen molar-refractivity contribution in [3.05, 3.63) is 28.8 Å². The highest BCUT2D eigenvalue weighted by atomic mass is 35.5. The van der Waals surface area contributed by atoms with Gasteiger partial charge in [0.1, 0.15) is 0 Å². The predicted molar refractivity (Wildman–Crippen MR) is 58.1 cm³/mol. The van der Waals surface area contributed by atoms with E-state index in [1.54, 1.807) is 25.1 Å². The molecule has 0 amide bonds. The fraction of sp³-hybridized carbons (Fsp3) is 0.182. The second kappa shape index (κ2) is 5.17. The van der Waals surface area contributed by atoms with E-state index in [1.807, 2.05) is 6.07 Å². The normalized spacial score (nSPS) is 8.36. The minimum Gasteiger partial charge on any atom is -0.373 e. The summed E-state index contributed by atoms with van der Waals surface area (Å²) < 4.78 is 0. The standard InChI is InChI=1S/C11H9ClN2/c1-2-3-6-14-11-5-4-9(8-13)7-10(11)12/h4-5,7,14H,6H2,1H3. The molecule has 1 rings (SSSR count). The van der Waals surface area contributed by atoms with Crippen LogP contribution in [-0.4, -0.2) is 6.54 Å². The lowest BCUT2D eigenvalue weighted by Crippen LogP contribution is -1.99. The van der Waals surface area contributed by atoms with Crippen molar-refractivity contribution in [2.75, 3.05) is 11.9 Å². The number of nitrogens with zero attached hydrogens (tertiary/aromatic N) is 1. The quantitative estimate of drug-likeness (QED) is 0.752. The topological polar surface area (TPSA) is 35.8 Å². The maximum absolute atomic E-state index is 8.62. The molecule has 70 valence electrons. The summed E-state index contributed by atoms with van der Waals surface area (Å²) in [5.41, 5.74) is 1.36. The molecule has 0 heterocycles. The molecule has 0 atom stereocenters. The maximum Gasteiger partial charge on any atom is 0.0992 e. The zero-order valence-electron chi connectivity index (χ0n) is 7.76. The number of nitrogens with one attached hydrogen (secondary N) is 1. The molecule has 0 saturated heterocycles. The van der Waals surface area contributed by atoms with Gasteiger partial charge in [0.15, 0.2) is 0 Å². The van der Waals surface area contributed by atoms with Crippen molar-refractivity contribution in [1.29, 1.82) is 5.26 Å². The Labute approximate surface area is 88.5 Å². The van der Waals surface area contributed by atoms with E-state index in [0.717, 1.165) is 5.69 Å². The Bertz CT molecular complexity index is 421. The summed E-state index contributed by atoms with van der Waals surface area (Å²) in [4.78, 5) is 0. The Kier molecular flexibility index (Phi) is 3.85. The largest absolute Gasteiger partial charge is 0.373 e. The molecule has 3 heteroatoms. The molecule has 1 aromatic rings. The molecule has 1 N–H and O–H groups in total. The van der Waals surface area contributed by atoms with E-state index >= 15 is 0 Å². The minimum atomic E-state index is 0.543. The van der Waals surface area contributed by atoms with Crippen LogP contribution in [-0.2, 0) is 0 Å². The number of nitriles is 1. The maximum atomic E-state index is 8.62. The van der Waals surface area contributed by atoms with E-state index in [4.69, 9.17) is 16.9 Å². The zero-order valence-corrected chi connectivity index (χ0v) is 8.52. The number of hydrogen-bond donors (Lipinski definition) is 1. The Morgan fingerprint density at radius 3 is 2.86 bits per heavy atom. The molecule has 0 aliphatic heterocycles. The summed E-state index contributed by atoms with van der Waals surface area (Å²) in [5, 5.41) is 12.2. The number of anilines is 1. The first-order chi connectivity index (χ1) is 6.77. The van der Waals surface area contributed by atoms with Crippen LogP contribution >= 0.6 is 11.6 Å². The molecular formula is C11H9ClN2. The highest BCUT2D eigenvalue weighted by Gasteiger charge is 1.99. The van der Waals surface area contributed by atoms with Gasteiger partial charge in [0, 0.05) is 0 Å². The van der Waals surface area contributed by atoms with Gasteiger partial charge < -0.3 is 5.32 Å². The number of hydrogen-bond acceptors (Lipinski definition) is 2. The predicted octanol–water partition coefficient (Wildman–Crippen LogP) is 2.65. The van der Waals surface area contributed by atoms with E-state index in [2.05, 4.69) is 17.2 Å². The van der Waals surface area contributed by atoms with Crippen LogP contribution in [0.2, 0.25) is 5.02 Å². The summed E-state index contributed by atoms with van der Waals surface area (Å²) in [5.74, 6) is 5.64. The van der Waals surface area contributed by atoms with Crippen molar-refractivity contribution < 1.29 is 0 Å². The molecule has 0 aromatic heterocycles. The lowest BCUT2D eigenvalue weighted by Gasteiger charge is -2.04. The van der Waals surface area contributed by atoms with E-state index in [-0.39, 0.29) is 0 Å². The van der Waals surface area contributed by atoms with Gasteiger partial charge in [-0.05, 0) is 25.1 Å². The van der Waals surface area contributed by atoms with Crippen molar-refractivity contribution >= 4 is 17.3 Å². The van der Waals surface area contributed by atoms with E-state index in [1.165, 1.54) is 0 Å². The van der Waals surface area contributed by atoms with Crippen LogP contribution in [0.1, 0.15) is 12.5 Å². The van der Waals surface area contributed by atoms with Crippen LogP contribution < -0.4 is 5.32 Å². The van der Waals surface area contributed by atoms with Crippen LogP contribution in [0.15, 0.2) is 18.2 Å². The van der Waals surface area contributed by atoms with Gasteiger partial charge in [-0.2, -0.15) is 5.26 Å². The monoisotopic (exact) mass is 204 g/mol. The molecule has 0 fully saturated rings. The molecule has 0 aliphatic rings. The number of halogens is 1. The third-order valence-electron chi connectivity index (χ3n) is 1.64. The highest BCUT2D eigenvalue weighted by Crippen LogP contribution is 2.22. The summed E-state index contributed by atoms with van der Waals surface area (Å²) in [6, 6.07) is 7.14. The van der Waals surface area contributed by atoms with Crippen molar-refractivity contribution in [3.63, 3.8) is 0 Å². The molecule has 0 unspecified atom stereocenters. The Balaban J connectivity index is 2.78. The first-order valence-corrected chi connectivity index (χ1v) is 4.49. The molecular weight excluding hydrogens is 196 g/mol. The highest BCUT2D eigenvalue weighted by molar-refractivity contribution is 6.33. The van der Waals surface area contributed by atoms with Crippen molar-refractivity contribution in [2.45, 2.75) is 6.92 Å². The lowest BCUT2D eigenvalue weighted by atomic mass is 10.2. The first kappa shape index (κ1) is 10.4. The Hall–Kier alpha value is -1.64. The van der Waals surface area contributed by atoms with Crippen molar-refractivity contribution in [1.82, 2.24) is 0 Å². The molecule has 0 radical (unpaired) electrons. The second-order valence-electron chi connectivity index (χ2n) is 2.59. The van der Waals surface area contributed by atoms with E-state index in [0.29, 0.717) is 17.1 Å². The summed E-state index contributed by atoms with van der Waals surface area (Å²) in [6.45, 7) is 2.34. The molecule has 0 bridgehead atoms. The lowest BCUT2D eigenvalue weighted by molar-refractivity contribution is 1.37. The molecule has 0 aliphatic carbocycles. The third-order valence-corrected chi connectivity index (χ3v) is 1.95. The van der Waals surface area contributed by atoms with Gasteiger partial charge in [0.25, 0.3) is 0 Å². The number of benzene rings is 1. The first-order valence-electron chi connectivity index (χ1n) is 4.11. The van der Waals surface area contributed by atoms with Crippen LogP contribution in [0.5, 0.6) is 0 Å². The molecule has 2 nitrogen and oxygen atoms in total. The summed E-state index contributed by atoms with van der Waals surface area (Å²) in [6.07, 6.45) is 0. The SMILES string of the molecule is CC#CCNc1ccc(C#N)cc1Cl. The second-order valence-corrected chi connectivity index (χ2v) is 2.99. The van der Waals surface area contributed by atoms with E-state index < -0.39 is 0 Å². The molecule has 0 spiro atoms. The third kappa shape index (κ3) is 2.69. The summed E-state index contributed by atoms with van der Waals surface area (Å²) in [7, 11) is 0. The van der Waals surface area contributed by atoms with Gasteiger partial charge in [-0.1, -0.05) is 17.5 Å².